The van der Waals surface area contributed by atoms with Crippen molar-refractivity contribution in [2.75, 3.05) is 11.5 Å². The first-order chi connectivity index (χ1) is 15.6. The van der Waals surface area contributed by atoms with Crippen LogP contribution in [0.15, 0.2) is 89.5 Å². The van der Waals surface area contributed by atoms with Crippen molar-refractivity contribution >= 4 is 49.9 Å². The highest BCUT2D eigenvalue weighted by molar-refractivity contribution is 9.10. The lowest BCUT2D eigenvalue weighted by atomic mass is 9.94. The van der Waals surface area contributed by atoms with Gasteiger partial charge in [-0.3, -0.25) is 4.79 Å². The van der Waals surface area contributed by atoms with Crippen molar-refractivity contribution in [1.29, 1.82) is 0 Å². The van der Waals surface area contributed by atoms with Gasteiger partial charge in [0, 0.05) is 33.7 Å². The zero-order chi connectivity index (χ0) is 22.1. The number of hydrogen-bond acceptors (Lipinski definition) is 3. The third kappa shape index (κ3) is 3.82. The summed E-state index contributed by atoms with van der Waals surface area (Å²) in [5, 5.41) is 2.39. The minimum absolute atomic E-state index is 0.0728. The van der Waals surface area contributed by atoms with Gasteiger partial charge in [-0.15, -0.1) is 0 Å². The molecule has 0 saturated heterocycles. The second kappa shape index (κ2) is 8.64. The summed E-state index contributed by atoms with van der Waals surface area (Å²) in [7, 11) is 0. The third-order valence-electron chi connectivity index (χ3n) is 5.72. The van der Waals surface area contributed by atoms with Crippen LogP contribution < -0.4 is 9.64 Å². The lowest BCUT2D eigenvalue weighted by Gasteiger charge is -2.27. The number of halogens is 1. The molecule has 1 heterocycles. The molecule has 4 aromatic carbocycles. The minimum Gasteiger partial charge on any atom is -0.485 e. The largest absolute Gasteiger partial charge is 0.485 e. The van der Waals surface area contributed by atoms with Crippen LogP contribution in [0.1, 0.15) is 18.9 Å². The van der Waals surface area contributed by atoms with Crippen LogP contribution >= 0.6 is 15.9 Å². The molecule has 0 amide bonds. The van der Waals surface area contributed by atoms with Gasteiger partial charge >= 0.3 is 0 Å². The van der Waals surface area contributed by atoms with Crippen LogP contribution in [0.4, 0.5) is 11.4 Å². The molecular formula is C28H22BrNO2. The van der Waals surface area contributed by atoms with E-state index in [2.05, 4.69) is 87.7 Å². The molecule has 4 aromatic rings. The fourth-order valence-corrected chi connectivity index (χ4v) is 4.42. The third-order valence-corrected chi connectivity index (χ3v) is 6.22. The summed E-state index contributed by atoms with van der Waals surface area (Å²) in [5.74, 6) is 0.774. The Bertz CT molecular complexity index is 1340. The normalized spacial score (nSPS) is 12.2. The van der Waals surface area contributed by atoms with Crippen LogP contribution in [0.3, 0.4) is 0 Å². The second-order valence-electron chi connectivity index (χ2n) is 7.78. The molecule has 0 unspecified atom stereocenters. The van der Waals surface area contributed by atoms with E-state index in [0.717, 1.165) is 27.0 Å². The van der Waals surface area contributed by atoms with Crippen LogP contribution in [0.5, 0.6) is 5.75 Å². The van der Waals surface area contributed by atoms with Gasteiger partial charge in [-0.1, -0.05) is 59.3 Å². The van der Waals surface area contributed by atoms with Crippen LogP contribution in [-0.2, 0) is 4.79 Å². The number of benzene rings is 4. The predicted molar refractivity (Wildman–Crippen MR) is 135 cm³/mol. The van der Waals surface area contributed by atoms with E-state index in [-0.39, 0.29) is 12.4 Å². The molecule has 0 aromatic heterocycles. The second-order valence-corrected chi connectivity index (χ2v) is 8.70. The summed E-state index contributed by atoms with van der Waals surface area (Å²) in [4.78, 5) is 14.1. The quantitative estimate of drug-likeness (QED) is 0.280. The van der Waals surface area contributed by atoms with E-state index in [0.29, 0.717) is 12.2 Å². The highest BCUT2D eigenvalue weighted by atomic mass is 79.9. The molecule has 0 N–H and O–H groups in total. The van der Waals surface area contributed by atoms with E-state index in [9.17, 15) is 4.79 Å². The minimum atomic E-state index is 0.0728. The van der Waals surface area contributed by atoms with Crippen molar-refractivity contribution in [2.24, 2.45) is 0 Å². The number of rotatable bonds is 6. The van der Waals surface area contributed by atoms with Gasteiger partial charge in [-0.05, 0) is 65.1 Å². The molecule has 0 bridgehead atoms. The maximum absolute atomic E-state index is 11.9. The molecule has 0 radical (unpaired) electrons. The number of anilines is 2. The number of para-hydroxylation sites is 1. The SMILES string of the molecule is CCC(=O)COc1cc(Br)ccc1-c1cc2c3c(cccc3c1)C=CN2c1ccccc1. The Morgan fingerprint density at radius 3 is 2.62 bits per heavy atom. The van der Waals surface area contributed by atoms with Crippen LogP contribution in [0.2, 0.25) is 0 Å². The van der Waals surface area contributed by atoms with Gasteiger partial charge in [0.2, 0.25) is 0 Å². The molecule has 4 heteroatoms. The first-order valence-electron chi connectivity index (χ1n) is 10.7. The first kappa shape index (κ1) is 20.5. The van der Waals surface area contributed by atoms with E-state index >= 15 is 0 Å². The standard InChI is InChI=1S/C28H22BrNO2/c1-2-24(31)18-32-27-17-22(29)11-12-25(27)21-15-20-8-6-7-19-13-14-30(26(16-21)28(19)20)23-9-4-3-5-10-23/h3-17H,2,18H2,1H3. The molecule has 1 aliphatic rings. The summed E-state index contributed by atoms with van der Waals surface area (Å²) in [5.41, 5.74) is 5.45. The Hall–Kier alpha value is -3.37. The highest BCUT2D eigenvalue weighted by Gasteiger charge is 2.19. The van der Waals surface area contributed by atoms with Crippen LogP contribution in [0, 0.1) is 0 Å². The number of hydrogen-bond donors (Lipinski definition) is 0. The van der Waals surface area contributed by atoms with Gasteiger partial charge in [0.15, 0.2) is 5.78 Å². The summed E-state index contributed by atoms with van der Waals surface area (Å²) >= 11 is 3.54. The Balaban J connectivity index is 1.68. The van der Waals surface area contributed by atoms with Crippen molar-refractivity contribution in [1.82, 2.24) is 0 Å². The van der Waals surface area contributed by atoms with E-state index in [4.69, 9.17) is 4.74 Å². The number of ether oxygens (including phenoxy) is 1. The molecule has 158 valence electrons. The van der Waals surface area contributed by atoms with Crippen LogP contribution in [0.25, 0.3) is 28.0 Å². The van der Waals surface area contributed by atoms with E-state index in [1.54, 1.807) is 0 Å². The fourth-order valence-electron chi connectivity index (χ4n) is 4.08. The molecule has 0 atom stereocenters. The van der Waals surface area contributed by atoms with Gasteiger partial charge in [0.05, 0.1) is 5.69 Å². The number of carbonyl (C=O) groups is 1. The van der Waals surface area contributed by atoms with Gasteiger partial charge in [0.25, 0.3) is 0 Å². The topological polar surface area (TPSA) is 29.5 Å². The Morgan fingerprint density at radius 2 is 1.81 bits per heavy atom. The van der Waals surface area contributed by atoms with E-state index in [1.165, 1.54) is 16.3 Å². The van der Waals surface area contributed by atoms with Crippen molar-refractivity contribution in [3.05, 3.63) is 95.1 Å². The molecule has 1 aliphatic heterocycles. The van der Waals surface area contributed by atoms with Gasteiger partial charge in [0.1, 0.15) is 12.4 Å². The number of Topliss-reactive ketones (excluding diaryl/α,β-unsaturated/α-hetero) is 1. The summed E-state index contributed by atoms with van der Waals surface area (Å²) < 4.78 is 6.87. The van der Waals surface area contributed by atoms with Crippen molar-refractivity contribution in [2.45, 2.75) is 13.3 Å². The maximum atomic E-state index is 11.9. The molecule has 5 rings (SSSR count). The molecule has 0 spiro atoms. The Kier molecular flexibility index (Phi) is 5.54. The van der Waals surface area contributed by atoms with Crippen molar-refractivity contribution < 1.29 is 9.53 Å². The summed E-state index contributed by atoms with van der Waals surface area (Å²) in [6.45, 7) is 1.92. The average Bonchev–Trinajstić information content (AvgIpc) is 2.83. The molecule has 32 heavy (non-hydrogen) atoms. The number of nitrogens with zero attached hydrogens (tertiary/aromatic N) is 1. The monoisotopic (exact) mass is 483 g/mol. The molecule has 0 aliphatic carbocycles. The zero-order valence-electron chi connectivity index (χ0n) is 17.7. The Labute approximate surface area is 196 Å². The van der Waals surface area contributed by atoms with Gasteiger partial charge in [-0.25, -0.2) is 0 Å². The van der Waals surface area contributed by atoms with Gasteiger partial charge < -0.3 is 9.64 Å². The Morgan fingerprint density at radius 1 is 0.969 bits per heavy atom. The van der Waals surface area contributed by atoms with Crippen molar-refractivity contribution in [3.8, 4) is 16.9 Å². The van der Waals surface area contributed by atoms with E-state index < -0.39 is 0 Å². The number of carbonyl (C=O) groups excluding carboxylic acids is 1. The zero-order valence-corrected chi connectivity index (χ0v) is 19.3. The highest BCUT2D eigenvalue weighted by Crippen LogP contribution is 2.43. The molecule has 0 fully saturated rings. The first-order valence-corrected chi connectivity index (χ1v) is 11.5. The predicted octanol–water partition coefficient (Wildman–Crippen LogP) is 7.75. The molecular weight excluding hydrogens is 462 g/mol. The van der Waals surface area contributed by atoms with E-state index in [1.807, 2.05) is 31.2 Å². The lowest BCUT2D eigenvalue weighted by molar-refractivity contribution is -0.120. The molecule has 3 nitrogen and oxygen atoms in total. The summed E-state index contributed by atoms with van der Waals surface area (Å²) in [6, 6.07) is 27.1. The number of ketones is 1. The van der Waals surface area contributed by atoms with Crippen molar-refractivity contribution in [3.63, 3.8) is 0 Å². The summed E-state index contributed by atoms with van der Waals surface area (Å²) in [6.07, 6.45) is 4.74. The average molecular weight is 484 g/mol. The van der Waals surface area contributed by atoms with Crippen LogP contribution in [-0.4, -0.2) is 12.4 Å². The molecule has 0 saturated carbocycles. The lowest BCUT2D eigenvalue weighted by Crippen LogP contribution is -2.12. The fraction of sp³-hybridized carbons (Fsp3) is 0.107. The smallest absolute Gasteiger partial charge is 0.169 e. The maximum Gasteiger partial charge on any atom is 0.169 e. The van der Waals surface area contributed by atoms with Gasteiger partial charge in [-0.2, -0.15) is 0 Å².